The normalized spacial score (nSPS) is 16.2. The molecule has 1 aliphatic rings. The Morgan fingerprint density at radius 3 is 2.52 bits per heavy atom. The molecule has 7 nitrogen and oxygen atoms in total. The van der Waals surface area contributed by atoms with Crippen LogP contribution in [0.25, 0.3) is 0 Å². The number of benzene rings is 2. The van der Waals surface area contributed by atoms with E-state index in [-0.39, 0.29) is 24.3 Å². The van der Waals surface area contributed by atoms with E-state index in [0.717, 1.165) is 10.0 Å². The first-order valence-corrected chi connectivity index (χ1v) is 8.96. The number of aliphatic imine (C=N–C) groups is 1. The topological polar surface area (TPSA) is 89.0 Å². The molecule has 0 fully saturated rings. The highest BCUT2D eigenvalue weighted by atomic mass is 79.9. The highest BCUT2D eigenvalue weighted by Gasteiger charge is 2.24. The minimum Gasteiger partial charge on any atom is -0.493 e. The van der Waals surface area contributed by atoms with E-state index < -0.39 is 5.91 Å². The fourth-order valence-corrected chi connectivity index (χ4v) is 2.95. The highest BCUT2D eigenvalue weighted by Crippen LogP contribution is 2.28. The van der Waals surface area contributed by atoms with E-state index in [9.17, 15) is 9.59 Å². The summed E-state index contributed by atoms with van der Waals surface area (Å²) in [6.07, 6.45) is 0.220. The lowest BCUT2D eigenvalue weighted by atomic mass is 10.0. The monoisotopic (exact) mass is 431 g/mol. The van der Waals surface area contributed by atoms with Crippen molar-refractivity contribution in [2.45, 2.75) is 12.5 Å². The molecule has 0 radical (unpaired) electrons. The average Bonchev–Trinajstić information content (AvgIpc) is 2.67. The molecule has 3 rings (SSSR count). The summed E-state index contributed by atoms with van der Waals surface area (Å²) in [7, 11) is 3.01. The van der Waals surface area contributed by atoms with Crippen LogP contribution in [-0.2, 0) is 4.79 Å². The third-order valence-electron chi connectivity index (χ3n) is 4.05. The Bertz CT molecular complexity index is 896. The van der Waals surface area contributed by atoms with E-state index in [1.807, 2.05) is 24.3 Å². The molecule has 0 spiro atoms. The van der Waals surface area contributed by atoms with E-state index in [2.05, 4.69) is 31.6 Å². The lowest BCUT2D eigenvalue weighted by molar-refractivity contribution is -0.120. The number of amides is 2. The molecule has 0 bridgehead atoms. The highest BCUT2D eigenvalue weighted by molar-refractivity contribution is 9.10. The van der Waals surface area contributed by atoms with Crippen molar-refractivity contribution < 1.29 is 19.1 Å². The number of rotatable bonds is 4. The quantitative estimate of drug-likeness (QED) is 0.778. The number of ether oxygens (including phenoxy) is 2. The molecule has 2 amide bonds. The molecule has 140 valence electrons. The van der Waals surface area contributed by atoms with Gasteiger partial charge >= 0.3 is 0 Å². The Kier molecular flexibility index (Phi) is 5.75. The molecule has 1 unspecified atom stereocenters. The molecule has 8 heteroatoms. The number of hydrogen-bond acceptors (Lipinski definition) is 5. The Hall–Kier alpha value is -2.87. The standard InChI is InChI=1S/C19H18BrN3O4/c1-26-15-8-5-12(9-16(15)27-2)18(25)23-19-21-14(10-17(24)22-19)11-3-6-13(20)7-4-11/h3-9,14H,10H2,1-2H3,(H2,21,22,23,24,25). The summed E-state index contributed by atoms with van der Waals surface area (Å²) < 4.78 is 11.3. The first-order valence-electron chi connectivity index (χ1n) is 8.16. The van der Waals surface area contributed by atoms with Gasteiger partial charge in [-0.05, 0) is 35.9 Å². The van der Waals surface area contributed by atoms with Crippen molar-refractivity contribution >= 4 is 33.7 Å². The minimum atomic E-state index is -0.411. The molecule has 1 atom stereocenters. The Labute approximate surface area is 164 Å². The second-order valence-corrected chi connectivity index (χ2v) is 6.74. The molecule has 2 N–H and O–H groups in total. The summed E-state index contributed by atoms with van der Waals surface area (Å²) in [5.41, 5.74) is 1.25. The number of carbonyl (C=O) groups excluding carboxylic acids is 2. The van der Waals surface area contributed by atoms with E-state index >= 15 is 0 Å². The largest absolute Gasteiger partial charge is 0.493 e. The lowest BCUT2D eigenvalue weighted by Crippen LogP contribution is -2.47. The Morgan fingerprint density at radius 2 is 1.85 bits per heavy atom. The van der Waals surface area contributed by atoms with Gasteiger partial charge in [-0.2, -0.15) is 0 Å². The number of methoxy groups -OCH3 is 2. The van der Waals surface area contributed by atoms with Gasteiger partial charge in [-0.3, -0.25) is 20.2 Å². The fraction of sp³-hybridized carbons (Fsp3) is 0.211. The predicted octanol–water partition coefficient (Wildman–Crippen LogP) is 2.81. The Balaban J connectivity index is 1.80. The van der Waals surface area contributed by atoms with Crippen LogP contribution in [0.1, 0.15) is 28.4 Å². The van der Waals surface area contributed by atoms with Gasteiger partial charge in [0.1, 0.15) is 0 Å². The van der Waals surface area contributed by atoms with Crippen molar-refractivity contribution in [3.05, 3.63) is 58.1 Å². The Morgan fingerprint density at radius 1 is 1.15 bits per heavy atom. The number of guanidine groups is 1. The first-order chi connectivity index (χ1) is 13.0. The zero-order valence-corrected chi connectivity index (χ0v) is 16.4. The van der Waals surface area contributed by atoms with Gasteiger partial charge in [0.15, 0.2) is 11.5 Å². The number of carbonyl (C=O) groups is 2. The van der Waals surface area contributed by atoms with Crippen LogP contribution in [0, 0.1) is 0 Å². The van der Waals surface area contributed by atoms with Crippen molar-refractivity contribution in [2.24, 2.45) is 4.99 Å². The van der Waals surface area contributed by atoms with Crippen LogP contribution in [0.3, 0.4) is 0 Å². The van der Waals surface area contributed by atoms with Crippen molar-refractivity contribution in [1.82, 2.24) is 10.6 Å². The number of halogens is 1. The number of hydrogen-bond donors (Lipinski definition) is 2. The van der Waals surface area contributed by atoms with Crippen molar-refractivity contribution in [2.75, 3.05) is 14.2 Å². The number of nitrogens with zero attached hydrogens (tertiary/aromatic N) is 1. The van der Waals surface area contributed by atoms with Crippen molar-refractivity contribution in [1.29, 1.82) is 0 Å². The van der Waals surface area contributed by atoms with Gasteiger partial charge in [-0.1, -0.05) is 28.1 Å². The van der Waals surface area contributed by atoms with E-state index in [4.69, 9.17) is 9.47 Å². The molecular weight excluding hydrogens is 414 g/mol. The maximum Gasteiger partial charge on any atom is 0.258 e. The zero-order valence-electron chi connectivity index (χ0n) is 14.8. The number of nitrogens with one attached hydrogen (secondary N) is 2. The van der Waals surface area contributed by atoms with Crippen LogP contribution in [0.4, 0.5) is 0 Å². The molecule has 0 saturated heterocycles. The van der Waals surface area contributed by atoms with E-state index in [1.165, 1.54) is 14.2 Å². The van der Waals surface area contributed by atoms with Gasteiger partial charge in [-0.15, -0.1) is 0 Å². The third-order valence-corrected chi connectivity index (χ3v) is 4.58. The van der Waals surface area contributed by atoms with Gasteiger partial charge in [0.05, 0.1) is 26.7 Å². The summed E-state index contributed by atoms with van der Waals surface area (Å²) >= 11 is 3.38. The molecule has 1 heterocycles. The zero-order chi connectivity index (χ0) is 19.4. The lowest BCUT2D eigenvalue weighted by Gasteiger charge is -2.21. The maximum atomic E-state index is 12.5. The van der Waals surface area contributed by atoms with E-state index in [1.54, 1.807) is 18.2 Å². The van der Waals surface area contributed by atoms with E-state index in [0.29, 0.717) is 17.1 Å². The fourth-order valence-electron chi connectivity index (χ4n) is 2.69. The summed E-state index contributed by atoms with van der Waals surface area (Å²) in [4.78, 5) is 29.0. The average molecular weight is 432 g/mol. The maximum absolute atomic E-state index is 12.5. The van der Waals surface area contributed by atoms with Crippen LogP contribution in [0.2, 0.25) is 0 Å². The van der Waals surface area contributed by atoms with Gasteiger partial charge in [0.2, 0.25) is 11.9 Å². The molecular formula is C19H18BrN3O4. The molecule has 0 aromatic heterocycles. The molecule has 0 saturated carbocycles. The van der Waals surface area contributed by atoms with Crippen LogP contribution in [0.15, 0.2) is 51.9 Å². The summed E-state index contributed by atoms with van der Waals surface area (Å²) in [6, 6.07) is 12.0. The molecule has 0 aliphatic carbocycles. The predicted molar refractivity (Wildman–Crippen MR) is 104 cm³/mol. The second kappa shape index (κ2) is 8.22. The smallest absolute Gasteiger partial charge is 0.258 e. The SMILES string of the molecule is COc1ccc(C(=O)NC2=NC(c3ccc(Br)cc3)CC(=O)N2)cc1OC. The summed E-state index contributed by atoms with van der Waals surface area (Å²) in [5, 5.41) is 5.23. The van der Waals surface area contributed by atoms with Gasteiger partial charge in [0, 0.05) is 10.0 Å². The van der Waals surface area contributed by atoms with Crippen LogP contribution in [0.5, 0.6) is 11.5 Å². The van der Waals surface area contributed by atoms with Gasteiger partial charge < -0.3 is 9.47 Å². The second-order valence-electron chi connectivity index (χ2n) is 5.82. The molecule has 2 aromatic carbocycles. The van der Waals surface area contributed by atoms with Crippen LogP contribution < -0.4 is 20.1 Å². The molecule has 27 heavy (non-hydrogen) atoms. The third kappa shape index (κ3) is 4.46. The van der Waals surface area contributed by atoms with Crippen LogP contribution >= 0.6 is 15.9 Å². The minimum absolute atomic E-state index is 0.124. The molecule has 2 aromatic rings. The summed E-state index contributed by atoms with van der Waals surface area (Å²) in [6.45, 7) is 0. The van der Waals surface area contributed by atoms with Gasteiger partial charge in [-0.25, -0.2) is 4.99 Å². The van der Waals surface area contributed by atoms with Crippen molar-refractivity contribution in [3.63, 3.8) is 0 Å². The molecule has 1 aliphatic heterocycles. The first kappa shape index (κ1) is 18.9. The summed E-state index contributed by atoms with van der Waals surface area (Å²) in [5.74, 6) is 0.464. The van der Waals surface area contributed by atoms with Crippen molar-refractivity contribution in [3.8, 4) is 11.5 Å². The van der Waals surface area contributed by atoms with Crippen LogP contribution in [-0.4, -0.2) is 32.0 Å². The van der Waals surface area contributed by atoms with Gasteiger partial charge in [0.25, 0.3) is 5.91 Å².